The standard InChI is InChI=1S/C5H4BrFN2/c6-5-2-1-4(3-7)8-9-5/h1-2H,3H2/i1D,2D. The highest BCUT2D eigenvalue weighted by Crippen LogP contribution is 2.03. The molecule has 1 aromatic heterocycles. The Kier molecular flexibility index (Phi) is 1.38. The van der Waals surface area contributed by atoms with E-state index in [1.54, 1.807) is 0 Å². The molecule has 2 nitrogen and oxygen atoms in total. The van der Waals surface area contributed by atoms with Gasteiger partial charge in [0.05, 0.1) is 8.44 Å². The molecule has 0 N–H and O–H groups in total. The first kappa shape index (κ1) is 4.33. The fourth-order valence-electron chi connectivity index (χ4n) is 0.338. The first-order valence-corrected chi connectivity index (χ1v) is 3.00. The topological polar surface area (TPSA) is 25.8 Å². The van der Waals surface area contributed by atoms with Gasteiger partial charge in [-0.05, 0) is 28.0 Å². The summed E-state index contributed by atoms with van der Waals surface area (Å²) in [7, 11) is 0. The molecule has 1 heterocycles. The van der Waals surface area contributed by atoms with Gasteiger partial charge in [-0.3, -0.25) is 0 Å². The van der Waals surface area contributed by atoms with Crippen LogP contribution in [0.1, 0.15) is 8.44 Å². The SMILES string of the molecule is [2H]c1c(Br)nnc(CF)c1[2H]. The first-order valence-electron chi connectivity index (χ1n) is 3.21. The molecule has 0 atom stereocenters. The third kappa shape index (κ3) is 1.71. The van der Waals surface area contributed by atoms with Crippen LogP contribution in [0.3, 0.4) is 0 Å². The van der Waals surface area contributed by atoms with Gasteiger partial charge in [-0.2, -0.15) is 5.10 Å². The lowest BCUT2D eigenvalue weighted by Crippen LogP contribution is -1.87. The first-order chi connectivity index (χ1) is 5.16. The summed E-state index contributed by atoms with van der Waals surface area (Å²) < 4.78 is 26.5. The Labute approximate surface area is 63.0 Å². The molecule has 0 spiro atoms. The van der Waals surface area contributed by atoms with E-state index < -0.39 is 6.67 Å². The van der Waals surface area contributed by atoms with E-state index in [9.17, 15) is 4.39 Å². The van der Waals surface area contributed by atoms with E-state index in [-0.39, 0.29) is 22.4 Å². The molecule has 0 fully saturated rings. The highest BCUT2D eigenvalue weighted by Gasteiger charge is 1.91. The molecule has 4 heteroatoms. The summed E-state index contributed by atoms with van der Waals surface area (Å²) in [5.41, 5.74) is -0.0989. The highest BCUT2D eigenvalue weighted by atomic mass is 79.9. The second-order valence-electron chi connectivity index (χ2n) is 1.32. The Bertz CT molecular complexity index is 281. The van der Waals surface area contributed by atoms with Gasteiger partial charge in [-0.25, -0.2) is 4.39 Å². The maximum atomic E-state index is 12.0. The molecular formula is C5H4BrFN2. The van der Waals surface area contributed by atoms with Crippen molar-refractivity contribution in [2.75, 3.05) is 0 Å². The summed E-state index contributed by atoms with van der Waals surface area (Å²) >= 11 is 2.91. The maximum absolute atomic E-state index is 12.0. The lowest BCUT2D eigenvalue weighted by molar-refractivity contribution is 0.472. The summed E-state index contributed by atoms with van der Waals surface area (Å²) in [5.74, 6) is 0. The maximum Gasteiger partial charge on any atom is 0.133 e. The van der Waals surface area contributed by atoms with Gasteiger partial charge >= 0.3 is 0 Å². The number of halogens is 2. The minimum atomic E-state index is -0.856. The Morgan fingerprint density at radius 1 is 1.67 bits per heavy atom. The molecule has 0 radical (unpaired) electrons. The second-order valence-corrected chi connectivity index (χ2v) is 2.07. The molecule has 0 saturated heterocycles. The molecule has 0 unspecified atom stereocenters. The second kappa shape index (κ2) is 2.87. The van der Waals surface area contributed by atoms with Gasteiger partial charge in [-0.1, -0.05) is 0 Å². The highest BCUT2D eigenvalue weighted by molar-refractivity contribution is 9.10. The van der Waals surface area contributed by atoms with Crippen molar-refractivity contribution in [3.63, 3.8) is 0 Å². The predicted molar refractivity (Wildman–Crippen MR) is 34.5 cm³/mol. The summed E-state index contributed by atoms with van der Waals surface area (Å²) in [6, 6.07) is -0.345. The molecular weight excluding hydrogens is 187 g/mol. The van der Waals surface area contributed by atoms with E-state index in [2.05, 4.69) is 26.1 Å². The molecule has 0 aromatic carbocycles. The van der Waals surface area contributed by atoms with Crippen LogP contribution in [-0.2, 0) is 6.67 Å². The zero-order valence-corrected chi connectivity index (χ0v) is 5.94. The van der Waals surface area contributed by atoms with E-state index in [0.29, 0.717) is 0 Å². The molecule has 9 heavy (non-hydrogen) atoms. The Balaban J connectivity index is 3.25. The third-order valence-corrected chi connectivity index (χ3v) is 1.05. The minimum Gasteiger partial charge on any atom is -0.244 e. The van der Waals surface area contributed by atoms with Crippen LogP contribution >= 0.6 is 15.9 Å². The molecule has 1 rings (SSSR count). The van der Waals surface area contributed by atoms with Crippen molar-refractivity contribution in [2.24, 2.45) is 0 Å². The molecule has 0 aliphatic heterocycles. The van der Waals surface area contributed by atoms with Gasteiger partial charge in [0.1, 0.15) is 11.3 Å². The zero-order valence-electron chi connectivity index (χ0n) is 6.36. The molecule has 0 bridgehead atoms. The summed E-state index contributed by atoms with van der Waals surface area (Å²) in [6.07, 6.45) is 0. The van der Waals surface area contributed by atoms with Crippen LogP contribution in [0, 0.1) is 0 Å². The number of hydrogen-bond donors (Lipinski definition) is 0. The molecule has 0 amide bonds. The fraction of sp³-hybridized carbons (Fsp3) is 0.200. The van der Waals surface area contributed by atoms with Gasteiger partial charge < -0.3 is 0 Å². The van der Waals surface area contributed by atoms with Gasteiger partial charge in [0.2, 0.25) is 0 Å². The lowest BCUT2D eigenvalue weighted by atomic mass is 10.4. The quantitative estimate of drug-likeness (QED) is 0.678. The smallest absolute Gasteiger partial charge is 0.133 e. The van der Waals surface area contributed by atoms with Gasteiger partial charge in [0.15, 0.2) is 0 Å². The third-order valence-electron chi connectivity index (χ3n) is 0.695. The van der Waals surface area contributed by atoms with Crippen LogP contribution < -0.4 is 0 Å². The predicted octanol–water partition coefficient (Wildman–Crippen LogP) is 1.71. The fourth-order valence-corrected chi connectivity index (χ4v) is 0.517. The average molecular weight is 193 g/mol. The Morgan fingerprint density at radius 2 is 2.44 bits per heavy atom. The van der Waals surface area contributed by atoms with Crippen LogP contribution in [0.15, 0.2) is 16.7 Å². The minimum absolute atomic E-state index is 0.0989. The van der Waals surface area contributed by atoms with E-state index >= 15 is 0 Å². The Morgan fingerprint density at radius 3 is 3.11 bits per heavy atom. The number of hydrogen-bond acceptors (Lipinski definition) is 2. The van der Waals surface area contributed by atoms with Crippen LogP contribution in [0.5, 0.6) is 0 Å². The van der Waals surface area contributed by atoms with Crippen LogP contribution in [0.25, 0.3) is 0 Å². The van der Waals surface area contributed by atoms with Gasteiger partial charge in [-0.15, -0.1) is 5.10 Å². The van der Waals surface area contributed by atoms with Crippen molar-refractivity contribution < 1.29 is 7.13 Å². The van der Waals surface area contributed by atoms with Crippen molar-refractivity contribution in [2.45, 2.75) is 6.67 Å². The van der Waals surface area contributed by atoms with Gasteiger partial charge in [0, 0.05) is 0 Å². The van der Waals surface area contributed by atoms with Crippen molar-refractivity contribution in [1.82, 2.24) is 10.2 Å². The molecule has 0 aliphatic rings. The van der Waals surface area contributed by atoms with Crippen LogP contribution in [0.2, 0.25) is 0 Å². The van der Waals surface area contributed by atoms with Crippen LogP contribution in [-0.4, -0.2) is 10.2 Å². The summed E-state index contributed by atoms with van der Waals surface area (Å²) in [5, 5.41) is 6.81. The average Bonchev–Trinajstić information content (AvgIpc) is 2.01. The van der Waals surface area contributed by atoms with Crippen molar-refractivity contribution in [3.05, 3.63) is 22.4 Å². The van der Waals surface area contributed by atoms with Crippen molar-refractivity contribution in [3.8, 4) is 0 Å². The van der Waals surface area contributed by atoms with Crippen LogP contribution in [0.4, 0.5) is 4.39 Å². The summed E-state index contributed by atoms with van der Waals surface area (Å²) in [4.78, 5) is 0. The lowest BCUT2D eigenvalue weighted by Gasteiger charge is -1.89. The van der Waals surface area contributed by atoms with E-state index in [4.69, 9.17) is 2.74 Å². The summed E-state index contributed by atoms with van der Waals surface area (Å²) in [6.45, 7) is -0.856. The molecule has 0 aliphatic carbocycles. The largest absolute Gasteiger partial charge is 0.244 e. The zero-order chi connectivity index (χ0) is 8.43. The number of alkyl halides is 1. The van der Waals surface area contributed by atoms with Gasteiger partial charge in [0.25, 0.3) is 0 Å². The number of rotatable bonds is 1. The molecule has 1 aromatic rings. The monoisotopic (exact) mass is 192 g/mol. The number of aromatic nitrogens is 2. The van der Waals surface area contributed by atoms with Crippen molar-refractivity contribution >= 4 is 15.9 Å². The van der Waals surface area contributed by atoms with E-state index in [1.165, 1.54) is 0 Å². The van der Waals surface area contributed by atoms with E-state index in [1.807, 2.05) is 0 Å². The normalized spacial score (nSPS) is 12.7. The van der Waals surface area contributed by atoms with Crippen molar-refractivity contribution in [1.29, 1.82) is 0 Å². The van der Waals surface area contributed by atoms with E-state index in [0.717, 1.165) is 0 Å². The molecule has 0 saturated carbocycles. The molecule has 48 valence electrons. The number of nitrogens with zero attached hydrogens (tertiary/aromatic N) is 2. The Hall–Kier alpha value is -0.510.